The molecule has 0 saturated carbocycles. The van der Waals surface area contributed by atoms with E-state index >= 15 is 0 Å². The van der Waals surface area contributed by atoms with Crippen LogP contribution in [0.4, 0.5) is 0 Å². The maximum atomic E-state index is 6.25. The molecule has 3 nitrogen and oxygen atoms in total. The summed E-state index contributed by atoms with van der Waals surface area (Å²) in [6.45, 7) is 4.57. The van der Waals surface area contributed by atoms with Crippen LogP contribution >= 0.6 is 23.2 Å². The van der Waals surface area contributed by atoms with E-state index < -0.39 is 0 Å². The van der Waals surface area contributed by atoms with Crippen molar-refractivity contribution in [2.75, 3.05) is 6.54 Å². The van der Waals surface area contributed by atoms with E-state index in [1.807, 2.05) is 31.3 Å². The number of fused-ring (bicyclic) bond motifs is 1. The molecule has 0 radical (unpaired) electrons. The van der Waals surface area contributed by atoms with Gasteiger partial charge in [0.05, 0.1) is 10.0 Å². The first-order valence-corrected chi connectivity index (χ1v) is 7.35. The third-order valence-electron chi connectivity index (χ3n) is 3.56. The molecule has 20 heavy (non-hydrogen) atoms. The van der Waals surface area contributed by atoms with Gasteiger partial charge in [0.25, 0.3) is 0 Å². The van der Waals surface area contributed by atoms with Crippen LogP contribution in [0.2, 0.25) is 10.0 Å². The minimum Gasteiger partial charge on any atom is -0.294 e. The van der Waals surface area contributed by atoms with Gasteiger partial charge in [0.2, 0.25) is 0 Å². The summed E-state index contributed by atoms with van der Waals surface area (Å²) in [5.41, 5.74) is 3.45. The molecule has 0 fully saturated rings. The second-order valence-electron chi connectivity index (χ2n) is 5.06. The number of benzene rings is 1. The number of aryl methyl sites for hydroxylation is 1. The van der Waals surface area contributed by atoms with Gasteiger partial charge in [-0.1, -0.05) is 35.3 Å². The summed E-state index contributed by atoms with van der Waals surface area (Å²) in [7, 11) is 0. The van der Waals surface area contributed by atoms with Gasteiger partial charge in [-0.05, 0) is 18.6 Å². The van der Waals surface area contributed by atoms with Gasteiger partial charge in [-0.2, -0.15) is 0 Å². The zero-order valence-electron chi connectivity index (χ0n) is 11.2. The van der Waals surface area contributed by atoms with Gasteiger partial charge >= 0.3 is 0 Å². The van der Waals surface area contributed by atoms with Crippen LogP contribution in [-0.2, 0) is 19.5 Å². The SMILES string of the molecule is Cc1ncc2c(n1)CCN(Cc1cccc(Cl)c1Cl)C2. The summed E-state index contributed by atoms with van der Waals surface area (Å²) in [6.07, 6.45) is 2.89. The van der Waals surface area contributed by atoms with Crippen LogP contribution in [0, 0.1) is 6.92 Å². The van der Waals surface area contributed by atoms with Crippen LogP contribution in [0.1, 0.15) is 22.6 Å². The zero-order chi connectivity index (χ0) is 14.1. The predicted octanol–water partition coefficient (Wildman–Crippen LogP) is 3.65. The van der Waals surface area contributed by atoms with Crippen LogP contribution in [0.15, 0.2) is 24.4 Å². The molecule has 104 valence electrons. The average molecular weight is 308 g/mol. The van der Waals surface area contributed by atoms with Crippen molar-refractivity contribution in [2.24, 2.45) is 0 Å². The normalized spacial score (nSPS) is 15.2. The Bertz CT molecular complexity index is 643. The monoisotopic (exact) mass is 307 g/mol. The van der Waals surface area contributed by atoms with Crippen molar-refractivity contribution in [1.82, 2.24) is 14.9 Å². The van der Waals surface area contributed by atoms with Gasteiger partial charge in [-0.15, -0.1) is 0 Å². The highest BCUT2D eigenvalue weighted by atomic mass is 35.5. The summed E-state index contributed by atoms with van der Waals surface area (Å²) < 4.78 is 0. The standard InChI is InChI=1S/C15H15Cl2N3/c1-10-18-7-12-9-20(6-5-14(12)19-10)8-11-3-2-4-13(16)15(11)17/h2-4,7H,5-6,8-9H2,1H3. The second kappa shape index (κ2) is 5.68. The molecule has 0 saturated heterocycles. The molecule has 1 aromatic carbocycles. The van der Waals surface area contributed by atoms with Gasteiger partial charge in [0, 0.05) is 43.5 Å². The van der Waals surface area contributed by atoms with Crippen LogP contribution in [0.25, 0.3) is 0 Å². The number of aromatic nitrogens is 2. The van der Waals surface area contributed by atoms with Crippen molar-refractivity contribution in [3.05, 3.63) is 57.1 Å². The Hall–Kier alpha value is -1.16. The fraction of sp³-hybridized carbons (Fsp3) is 0.333. The minimum absolute atomic E-state index is 0.612. The number of hydrogen-bond acceptors (Lipinski definition) is 3. The first-order valence-electron chi connectivity index (χ1n) is 6.60. The molecule has 5 heteroatoms. The molecule has 0 N–H and O–H groups in total. The number of halogens is 2. The highest BCUT2D eigenvalue weighted by Gasteiger charge is 2.19. The van der Waals surface area contributed by atoms with Crippen molar-refractivity contribution in [2.45, 2.75) is 26.4 Å². The largest absolute Gasteiger partial charge is 0.294 e. The van der Waals surface area contributed by atoms with E-state index in [9.17, 15) is 0 Å². The van der Waals surface area contributed by atoms with Crippen LogP contribution in [0.5, 0.6) is 0 Å². The van der Waals surface area contributed by atoms with E-state index in [1.165, 1.54) is 11.3 Å². The lowest BCUT2D eigenvalue weighted by atomic mass is 10.1. The maximum Gasteiger partial charge on any atom is 0.125 e. The smallest absolute Gasteiger partial charge is 0.125 e. The molecule has 1 aliphatic heterocycles. The summed E-state index contributed by atoms with van der Waals surface area (Å²) in [5, 5.41) is 1.26. The highest BCUT2D eigenvalue weighted by Crippen LogP contribution is 2.27. The minimum atomic E-state index is 0.612. The molecule has 2 heterocycles. The third-order valence-corrected chi connectivity index (χ3v) is 4.42. The Labute approximate surface area is 128 Å². The fourth-order valence-electron chi connectivity index (χ4n) is 2.52. The first kappa shape index (κ1) is 13.8. The summed E-state index contributed by atoms with van der Waals surface area (Å²) in [4.78, 5) is 11.1. The lowest BCUT2D eigenvalue weighted by Gasteiger charge is -2.28. The quantitative estimate of drug-likeness (QED) is 0.848. The molecular formula is C15H15Cl2N3. The molecule has 1 aliphatic rings. The van der Waals surface area contributed by atoms with Crippen molar-refractivity contribution in [3.63, 3.8) is 0 Å². The summed E-state index contributed by atoms with van der Waals surface area (Å²) in [6, 6.07) is 5.78. The van der Waals surface area contributed by atoms with E-state index in [2.05, 4.69) is 14.9 Å². The van der Waals surface area contributed by atoms with Gasteiger partial charge in [0.15, 0.2) is 0 Å². The van der Waals surface area contributed by atoms with E-state index in [1.54, 1.807) is 0 Å². The lowest BCUT2D eigenvalue weighted by Crippen LogP contribution is -2.31. The summed E-state index contributed by atoms with van der Waals surface area (Å²) >= 11 is 12.3. The van der Waals surface area contributed by atoms with Crippen LogP contribution < -0.4 is 0 Å². The van der Waals surface area contributed by atoms with E-state index in [4.69, 9.17) is 23.2 Å². The maximum absolute atomic E-state index is 6.25. The Morgan fingerprint density at radius 3 is 3.00 bits per heavy atom. The Morgan fingerprint density at radius 2 is 2.15 bits per heavy atom. The first-order chi connectivity index (χ1) is 9.63. The van der Waals surface area contributed by atoms with Crippen molar-refractivity contribution >= 4 is 23.2 Å². The van der Waals surface area contributed by atoms with E-state index in [0.29, 0.717) is 10.0 Å². The summed E-state index contributed by atoms with van der Waals surface area (Å²) in [5.74, 6) is 0.843. The molecule has 2 aromatic rings. The molecule has 0 amide bonds. The molecule has 0 atom stereocenters. The van der Waals surface area contributed by atoms with E-state index in [-0.39, 0.29) is 0 Å². The number of nitrogens with zero attached hydrogens (tertiary/aromatic N) is 3. The number of hydrogen-bond donors (Lipinski definition) is 0. The Kier molecular flexibility index (Phi) is 3.92. The van der Waals surface area contributed by atoms with Gasteiger partial charge in [-0.3, -0.25) is 4.90 Å². The van der Waals surface area contributed by atoms with Crippen molar-refractivity contribution in [3.8, 4) is 0 Å². The van der Waals surface area contributed by atoms with Gasteiger partial charge in [-0.25, -0.2) is 9.97 Å². The third kappa shape index (κ3) is 2.80. The molecule has 0 spiro atoms. The second-order valence-corrected chi connectivity index (χ2v) is 5.85. The van der Waals surface area contributed by atoms with Crippen LogP contribution in [-0.4, -0.2) is 21.4 Å². The lowest BCUT2D eigenvalue weighted by molar-refractivity contribution is 0.242. The van der Waals surface area contributed by atoms with Gasteiger partial charge in [0.1, 0.15) is 5.82 Å². The molecule has 0 bridgehead atoms. The van der Waals surface area contributed by atoms with Crippen molar-refractivity contribution in [1.29, 1.82) is 0 Å². The fourth-order valence-corrected chi connectivity index (χ4v) is 2.90. The molecule has 0 unspecified atom stereocenters. The molecular weight excluding hydrogens is 293 g/mol. The molecule has 3 rings (SSSR count). The molecule has 0 aliphatic carbocycles. The van der Waals surface area contributed by atoms with Gasteiger partial charge < -0.3 is 0 Å². The van der Waals surface area contributed by atoms with Crippen LogP contribution in [0.3, 0.4) is 0 Å². The average Bonchev–Trinajstić information content (AvgIpc) is 2.44. The molecule has 1 aromatic heterocycles. The zero-order valence-corrected chi connectivity index (χ0v) is 12.7. The predicted molar refractivity (Wildman–Crippen MR) is 81.0 cm³/mol. The Balaban J connectivity index is 1.77. The van der Waals surface area contributed by atoms with E-state index in [0.717, 1.165) is 37.4 Å². The topological polar surface area (TPSA) is 29.0 Å². The highest BCUT2D eigenvalue weighted by molar-refractivity contribution is 6.42. The Morgan fingerprint density at radius 1 is 1.30 bits per heavy atom. The number of rotatable bonds is 2. The van der Waals surface area contributed by atoms with Crippen molar-refractivity contribution < 1.29 is 0 Å².